The number of ether oxygens (including phenoxy) is 1. The summed E-state index contributed by atoms with van der Waals surface area (Å²) in [6.07, 6.45) is 0. The van der Waals surface area contributed by atoms with Gasteiger partial charge in [-0.1, -0.05) is 78.5 Å². The molecule has 0 fully saturated rings. The zero-order valence-electron chi connectivity index (χ0n) is 20.6. The number of aryl methyl sites for hydroxylation is 1. The van der Waals surface area contributed by atoms with Gasteiger partial charge in [-0.3, -0.25) is 4.79 Å². The number of benzene rings is 4. The van der Waals surface area contributed by atoms with Crippen LogP contribution in [0.3, 0.4) is 0 Å². The fourth-order valence-electron chi connectivity index (χ4n) is 3.76. The second-order valence-electron chi connectivity index (χ2n) is 8.37. The number of hydrogen-bond donors (Lipinski definition) is 1. The summed E-state index contributed by atoms with van der Waals surface area (Å²) in [5.74, 6) is -0.207. The quantitative estimate of drug-likeness (QED) is 0.272. The molecule has 37 heavy (non-hydrogen) atoms. The third-order valence-electron chi connectivity index (χ3n) is 5.59. The Morgan fingerprint density at radius 1 is 0.892 bits per heavy atom. The number of rotatable bonds is 10. The van der Waals surface area contributed by atoms with E-state index < -0.39 is 15.9 Å². The van der Waals surface area contributed by atoms with Crippen molar-refractivity contribution in [3.8, 4) is 5.75 Å². The summed E-state index contributed by atoms with van der Waals surface area (Å²) >= 11 is 1.52. The molecule has 0 atom stereocenters. The van der Waals surface area contributed by atoms with E-state index in [1.165, 1.54) is 23.2 Å². The lowest BCUT2D eigenvalue weighted by Crippen LogP contribution is -2.37. The minimum absolute atomic E-state index is 0.0266. The first kappa shape index (κ1) is 26.5. The first-order valence-corrected chi connectivity index (χ1v) is 13.9. The van der Waals surface area contributed by atoms with Crippen molar-refractivity contribution in [1.29, 1.82) is 0 Å². The average molecular weight is 533 g/mol. The molecule has 0 bridgehead atoms. The summed E-state index contributed by atoms with van der Waals surface area (Å²) in [6, 6.07) is 31.5. The summed E-state index contributed by atoms with van der Waals surface area (Å²) in [4.78, 5) is 15.2. The molecule has 1 N–H and O–H groups in total. The van der Waals surface area contributed by atoms with Gasteiger partial charge >= 0.3 is 0 Å². The molecule has 4 aromatic carbocycles. The van der Waals surface area contributed by atoms with Crippen LogP contribution in [-0.2, 0) is 21.4 Å². The lowest BCUT2D eigenvalue weighted by Gasteiger charge is -2.23. The van der Waals surface area contributed by atoms with Crippen LogP contribution in [0.1, 0.15) is 11.1 Å². The Labute approximate surface area is 222 Å². The topological polar surface area (TPSA) is 75.7 Å². The van der Waals surface area contributed by atoms with Crippen molar-refractivity contribution in [1.82, 2.24) is 4.31 Å². The van der Waals surface area contributed by atoms with Crippen LogP contribution in [0.2, 0.25) is 0 Å². The largest absolute Gasteiger partial charge is 0.495 e. The molecular weight excluding hydrogens is 504 g/mol. The first-order valence-electron chi connectivity index (χ1n) is 11.7. The number of amides is 1. The predicted molar refractivity (Wildman–Crippen MR) is 147 cm³/mol. The third kappa shape index (κ3) is 6.80. The van der Waals surface area contributed by atoms with Gasteiger partial charge in [0.2, 0.25) is 15.9 Å². The normalized spacial score (nSPS) is 11.3. The molecule has 0 aliphatic carbocycles. The number of nitrogens with one attached hydrogen (secondary N) is 1. The summed E-state index contributed by atoms with van der Waals surface area (Å²) in [6.45, 7) is 1.49. The summed E-state index contributed by atoms with van der Waals surface area (Å²) < 4.78 is 34.2. The number of para-hydroxylation sites is 1. The molecule has 0 aliphatic rings. The van der Waals surface area contributed by atoms with Gasteiger partial charge in [-0.25, -0.2) is 8.42 Å². The first-order chi connectivity index (χ1) is 17.9. The molecule has 0 saturated carbocycles. The van der Waals surface area contributed by atoms with E-state index in [0.29, 0.717) is 5.69 Å². The Balaban J connectivity index is 1.62. The van der Waals surface area contributed by atoms with Crippen LogP contribution in [0.25, 0.3) is 0 Å². The van der Waals surface area contributed by atoms with Gasteiger partial charge in [0.25, 0.3) is 0 Å². The van der Waals surface area contributed by atoms with Crippen molar-refractivity contribution >= 4 is 33.4 Å². The Bertz CT molecular complexity index is 1460. The standard InChI is InChI=1S/C29H28N2O4S2/c1-22-17-18-26(35-2)28(19-22)37(33,34)31(20-23-11-5-3-6-12-23)21-29(32)30-25-15-9-10-16-27(25)36-24-13-7-4-8-14-24/h3-19H,20-21H2,1-2H3,(H,30,32). The van der Waals surface area contributed by atoms with Gasteiger partial charge in [0.15, 0.2) is 0 Å². The van der Waals surface area contributed by atoms with E-state index in [0.717, 1.165) is 20.9 Å². The maximum Gasteiger partial charge on any atom is 0.247 e. The van der Waals surface area contributed by atoms with Gasteiger partial charge in [0, 0.05) is 16.3 Å². The second-order valence-corrected chi connectivity index (χ2v) is 11.4. The maximum absolute atomic E-state index is 13.8. The molecule has 4 rings (SSSR count). The van der Waals surface area contributed by atoms with Gasteiger partial charge in [-0.05, 0) is 54.4 Å². The van der Waals surface area contributed by atoms with Gasteiger partial charge in [-0.15, -0.1) is 0 Å². The van der Waals surface area contributed by atoms with Gasteiger partial charge in [-0.2, -0.15) is 4.31 Å². The number of hydrogen-bond acceptors (Lipinski definition) is 5. The monoisotopic (exact) mass is 532 g/mol. The van der Waals surface area contributed by atoms with Gasteiger partial charge < -0.3 is 10.1 Å². The smallest absolute Gasteiger partial charge is 0.247 e. The molecule has 1 amide bonds. The number of methoxy groups -OCH3 is 1. The summed E-state index contributed by atoms with van der Waals surface area (Å²) in [5.41, 5.74) is 2.16. The lowest BCUT2D eigenvalue weighted by molar-refractivity contribution is -0.116. The molecule has 8 heteroatoms. The predicted octanol–water partition coefficient (Wildman–Crippen LogP) is 5.98. The molecule has 0 saturated heterocycles. The maximum atomic E-state index is 13.8. The van der Waals surface area contributed by atoms with Gasteiger partial charge in [0.1, 0.15) is 10.6 Å². The Morgan fingerprint density at radius 3 is 2.24 bits per heavy atom. The number of sulfonamides is 1. The van der Waals surface area contributed by atoms with Crippen LogP contribution in [-0.4, -0.2) is 32.3 Å². The minimum Gasteiger partial charge on any atom is -0.495 e. The molecule has 0 aliphatic heterocycles. The van der Waals surface area contributed by atoms with Crippen LogP contribution >= 0.6 is 11.8 Å². The van der Waals surface area contributed by atoms with E-state index >= 15 is 0 Å². The van der Waals surface area contributed by atoms with Crippen LogP contribution in [0.15, 0.2) is 118 Å². The van der Waals surface area contributed by atoms with E-state index in [1.807, 2.05) is 91.9 Å². The molecule has 0 spiro atoms. The summed E-state index contributed by atoms with van der Waals surface area (Å²) in [7, 11) is -2.64. The zero-order chi connectivity index (χ0) is 26.3. The van der Waals surface area contributed by atoms with Crippen molar-refractivity contribution in [2.24, 2.45) is 0 Å². The Hall–Kier alpha value is -3.59. The third-order valence-corrected chi connectivity index (χ3v) is 8.49. The number of carbonyl (C=O) groups excluding carboxylic acids is 1. The second kappa shape index (κ2) is 12.1. The van der Waals surface area contributed by atoms with Crippen molar-refractivity contribution in [2.45, 2.75) is 28.2 Å². The zero-order valence-corrected chi connectivity index (χ0v) is 22.3. The van der Waals surface area contributed by atoms with E-state index in [2.05, 4.69) is 5.32 Å². The van der Waals surface area contributed by atoms with Crippen LogP contribution in [0.5, 0.6) is 5.75 Å². The molecule has 0 radical (unpaired) electrons. The molecule has 0 heterocycles. The molecule has 0 aromatic heterocycles. The van der Waals surface area contributed by atoms with E-state index in [4.69, 9.17) is 4.74 Å². The van der Waals surface area contributed by atoms with Crippen molar-refractivity contribution < 1.29 is 17.9 Å². The van der Waals surface area contributed by atoms with E-state index in [-0.39, 0.29) is 23.7 Å². The average Bonchev–Trinajstić information content (AvgIpc) is 2.90. The molecular formula is C29H28N2O4S2. The Kier molecular flexibility index (Phi) is 8.66. The SMILES string of the molecule is COc1ccc(C)cc1S(=O)(=O)N(CC(=O)Nc1ccccc1Sc1ccccc1)Cc1ccccc1. The van der Waals surface area contributed by atoms with Crippen molar-refractivity contribution in [2.75, 3.05) is 19.0 Å². The van der Waals surface area contributed by atoms with Crippen molar-refractivity contribution in [3.05, 3.63) is 114 Å². The molecule has 190 valence electrons. The number of nitrogens with zero attached hydrogens (tertiary/aromatic N) is 1. The van der Waals surface area contributed by atoms with Crippen LogP contribution in [0.4, 0.5) is 5.69 Å². The highest BCUT2D eigenvalue weighted by molar-refractivity contribution is 7.99. The highest BCUT2D eigenvalue weighted by atomic mass is 32.2. The fraction of sp³-hybridized carbons (Fsp3) is 0.138. The summed E-state index contributed by atoms with van der Waals surface area (Å²) in [5, 5.41) is 2.91. The lowest BCUT2D eigenvalue weighted by atomic mass is 10.2. The van der Waals surface area contributed by atoms with E-state index in [1.54, 1.807) is 18.2 Å². The van der Waals surface area contributed by atoms with E-state index in [9.17, 15) is 13.2 Å². The van der Waals surface area contributed by atoms with Crippen LogP contribution < -0.4 is 10.1 Å². The molecule has 0 unspecified atom stereocenters. The highest BCUT2D eigenvalue weighted by Gasteiger charge is 2.30. The minimum atomic E-state index is -4.07. The fourth-order valence-corrected chi connectivity index (χ4v) is 6.31. The molecule has 4 aromatic rings. The Morgan fingerprint density at radius 2 is 1.54 bits per heavy atom. The van der Waals surface area contributed by atoms with Gasteiger partial charge in [0.05, 0.1) is 19.3 Å². The van der Waals surface area contributed by atoms with Crippen molar-refractivity contribution in [3.63, 3.8) is 0 Å². The number of anilines is 1. The highest BCUT2D eigenvalue weighted by Crippen LogP contribution is 2.33. The number of carbonyl (C=O) groups is 1. The molecule has 6 nitrogen and oxygen atoms in total. The van der Waals surface area contributed by atoms with Crippen LogP contribution in [0, 0.1) is 6.92 Å².